The molecule has 4 aromatic rings. The Morgan fingerprint density at radius 3 is 1.27 bits per heavy atom. The van der Waals surface area contributed by atoms with E-state index < -0.39 is 24.4 Å². The van der Waals surface area contributed by atoms with Crippen LogP contribution in [0.4, 0.5) is 0 Å². The van der Waals surface area contributed by atoms with E-state index in [9.17, 15) is 10.2 Å². The molecular weight excluding hydrogens is 504 g/mol. The molecule has 0 amide bonds. The van der Waals surface area contributed by atoms with E-state index in [2.05, 4.69) is 0 Å². The molecule has 6 nitrogen and oxygen atoms in total. The number of ether oxygens (including phenoxy) is 4. The van der Waals surface area contributed by atoms with Crippen LogP contribution in [0.2, 0.25) is 0 Å². The van der Waals surface area contributed by atoms with Gasteiger partial charge in [0.05, 0.1) is 39.6 Å². The number of aliphatic hydroxyl groups is 2. The van der Waals surface area contributed by atoms with Gasteiger partial charge in [0.15, 0.2) is 0 Å². The summed E-state index contributed by atoms with van der Waals surface area (Å²) in [5.41, 5.74) is 3.90. The van der Waals surface area contributed by atoms with Crippen molar-refractivity contribution in [1.29, 1.82) is 0 Å². The van der Waals surface area contributed by atoms with Crippen molar-refractivity contribution in [1.82, 2.24) is 0 Å². The number of aliphatic hydroxyl groups excluding tert-OH is 2. The minimum atomic E-state index is -1.14. The van der Waals surface area contributed by atoms with Crippen LogP contribution in [0.25, 0.3) is 0 Å². The molecule has 0 saturated heterocycles. The molecule has 0 spiro atoms. The van der Waals surface area contributed by atoms with Crippen LogP contribution in [0.1, 0.15) is 22.3 Å². The summed E-state index contributed by atoms with van der Waals surface area (Å²) in [6, 6.07) is 39.0. The van der Waals surface area contributed by atoms with Gasteiger partial charge in [0.1, 0.15) is 24.4 Å². The van der Waals surface area contributed by atoms with Gasteiger partial charge in [0, 0.05) is 0 Å². The van der Waals surface area contributed by atoms with Crippen LogP contribution in [0.15, 0.2) is 121 Å². The van der Waals surface area contributed by atoms with Gasteiger partial charge in [-0.15, -0.1) is 0 Å². The molecule has 6 heteroatoms. The van der Waals surface area contributed by atoms with E-state index in [1.54, 1.807) is 0 Å². The molecule has 0 fully saturated rings. The van der Waals surface area contributed by atoms with Crippen LogP contribution in [0.3, 0.4) is 0 Å². The first-order valence-electron chi connectivity index (χ1n) is 13.6. The third-order valence-corrected chi connectivity index (χ3v) is 6.56. The fourth-order valence-corrected chi connectivity index (χ4v) is 4.32. The molecule has 4 aromatic carbocycles. The fraction of sp³-hybridized carbons (Fsp3) is 0.294. The summed E-state index contributed by atoms with van der Waals surface area (Å²) in [4.78, 5) is 0. The minimum Gasteiger partial charge on any atom is -0.394 e. The Kier molecular flexibility index (Phi) is 12.3. The van der Waals surface area contributed by atoms with Gasteiger partial charge >= 0.3 is 0 Å². The first-order chi connectivity index (χ1) is 19.7. The number of hydrogen-bond acceptors (Lipinski definition) is 6. The monoisotopic (exact) mass is 542 g/mol. The summed E-state index contributed by atoms with van der Waals surface area (Å²) in [6.45, 7) is 0.970. The zero-order valence-corrected chi connectivity index (χ0v) is 22.6. The fourth-order valence-electron chi connectivity index (χ4n) is 4.32. The van der Waals surface area contributed by atoms with Gasteiger partial charge < -0.3 is 29.2 Å². The normalized spacial score (nSPS) is 14.3. The highest BCUT2D eigenvalue weighted by atomic mass is 16.6. The van der Waals surface area contributed by atoms with Crippen LogP contribution in [0, 0.1) is 0 Å². The second-order valence-electron chi connectivity index (χ2n) is 9.61. The molecule has 4 atom stereocenters. The Balaban J connectivity index is 1.50. The second-order valence-corrected chi connectivity index (χ2v) is 9.61. The van der Waals surface area contributed by atoms with Crippen molar-refractivity contribution < 1.29 is 29.2 Å². The van der Waals surface area contributed by atoms with Crippen molar-refractivity contribution in [3.63, 3.8) is 0 Å². The minimum absolute atomic E-state index is 0.130. The molecule has 0 unspecified atom stereocenters. The number of hydrogen-bond donors (Lipinski definition) is 2. The summed E-state index contributed by atoms with van der Waals surface area (Å²) in [5.74, 6) is 0. The topological polar surface area (TPSA) is 77.4 Å². The van der Waals surface area contributed by atoms with Crippen LogP contribution in [0.5, 0.6) is 0 Å². The first kappa shape index (κ1) is 29.6. The predicted octanol–water partition coefficient (Wildman–Crippen LogP) is 5.31. The van der Waals surface area contributed by atoms with Crippen molar-refractivity contribution >= 4 is 0 Å². The third-order valence-electron chi connectivity index (χ3n) is 6.56. The standard InChI is InChI=1S/C34H38O6/c35-21-31(38-23-28-15-7-2-8-16-28)34(40-25-30-19-11-4-12-20-30)33(36)32(39-24-29-17-9-3-10-18-29)26-37-22-27-13-5-1-6-14-27/h1-20,31-36H,21-26H2/t31-,32+,33+,34+/m0/s1. The molecule has 0 bridgehead atoms. The molecule has 0 aromatic heterocycles. The van der Waals surface area contributed by atoms with Gasteiger partial charge in [-0.3, -0.25) is 0 Å². The average Bonchev–Trinajstić information content (AvgIpc) is 3.02. The molecule has 0 heterocycles. The lowest BCUT2D eigenvalue weighted by atomic mass is 10.0. The quantitative estimate of drug-likeness (QED) is 0.188. The maximum atomic E-state index is 11.7. The van der Waals surface area contributed by atoms with E-state index in [1.165, 1.54) is 0 Å². The molecule has 2 N–H and O–H groups in total. The molecule has 40 heavy (non-hydrogen) atoms. The van der Waals surface area contributed by atoms with Crippen molar-refractivity contribution in [3.05, 3.63) is 144 Å². The number of benzene rings is 4. The Hall–Kier alpha value is -3.36. The molecule has 4 rings (SSSR count). The van der Waals surface area contributed by atoms with Crippen LogP contribution >= 0.6 is 0 Å². The maximum Gasteiger partial charge on any atom is 0.115 e. The SMILES string of the molecule is OC[C@H](OCc1ccccc1)[C@@H](OCc1ccccc1)[C@H](O)[C@@H](COCc1ccccc1)OCc1ccccc1. The Bertz CT molecular complexity index is 1190. The lowest BCUT2D eigenvalue weighted by molar-refractivity contribution is -0.186. The third kappa shape index (κ3) is 9.68. The largest absolute Gasteiger partial charge is 0.394 e. The van der Waals surface area contributed by atoms with Gasteiger partial charge in [0.25, 0.3) is 0 Å². The highest BCUT2D eigenvalue weighted by molar-refractivity contribution is 5.16. The summed E-state index contributed by atoms with van der Waals surface area (Å²) in [6.07, 6.45) is -3.55. The Morgan fingerprint density at radius 2 is 0.850 bits per heavy atom. The molecule has 0 saturated carbocycles. The van der Waals surface area contributed by atoms with Gasteiger partial charge in [0.2, 0.25) is 0 Å². The molecule has 0 radical (unpaired) electrons. The van der Waals surface area contributed by atoms with E-state index in [-0.39, 0.29) is 33.0 Å². The number of rotatable bonds is 17. The maximum absolute atomic E-state index is 11.7. The lowest BCUT2D eigenvalue weighted by Crippen LogP contribution is -2.50. The van der Waals surface area contributed by atoms with Crippen molar-refractivity contribution in [2.24, 2.45) is 0 Å². The Morgan fingerprint density at radius 1 is 0.475 bits per heavy atom. The predicted molar refractivity (Wildman–Crippen MR) is 154 cm³/mol. The van der Waals surface area contributed by atoms with Crippen LogP contribution in [-0.2, 0) is 45.4 Å². The average molecular weight is 543 g/mol. The van der Waals surface area contributed by atoms with Crippen molar-refractivity contribution in [2.75, 3.05) is 13.2 Å². The van der Waals surface area contributed by atoms with Gasteiger partial charge in [-0.1, -0.05) is 121 Å². The summed E-state index contributed by atoms with van der Waals surface area (Å²) in [5, 5.41) is 22.0. The van der Waals surface area contributed by atoms with E-state index in [0.717, 1.165) is 22.3 Å². The second kappa shape index (κ2) is 16.7. The first-order valence-corrected chi connectivity index (χ1v) is 13.6. The van der Waals surface area contributed by atoms with E-state index in [0.29, 0.717) is 6.61 Å². The smallest absolute Gasteiger partial charge is 0.115 e. The molecular formula is C34H38O6. The van der Waals surface area contributed by atoms with Gasteiger partial charge in [-0.05, 0) is 22.3 Å². The van der Waals surface area contributed by atoms with Crippen molar-refractivity contribution in [2.45, 2.75) is 50.8 Å². The molecule has 210 valence electrons. The van der Waals surface area contributed by atoms with Gasteiger partial charge in [-0.2, -0.15) is 0 Å². The zero-order valence-electron chi connectivity index (χ0n) is 22.6. The lowest BCUT2D eigenvalue weighted by Gasteiger charge is -2.34. The van der Waals surface area contributed by atoms with E-state index in [1.807, 2.05) is 121 Å². The highest BCUT2D eigenvalue weighted by Crippen LogP contribution is 2.20. The highest BCUT2D eigenvalue weighted by Gasteiger charge is 2.36. The van der Waals surface area contributed by atoms with Crippen LogP contribution in [-0.4, -0.2) is 47.8 Å². The molecule has 0 aliphatic heterocycles. The van der Waals surface area contributed by atoms with Crippen molar-refractivity contribution in [3.8, 4) is 0 Å². The summed E-state index contributed by atoms with van der Waals surface area (Å²) >= 11 is 0. The van der Waals surface area contributed by atoms with Crippen LogP contribution < -0.4 is 0 Å². The summed E-state index contributed by atoms with van der Waals surface area (Å²) < 4.78 is 24.6. The Labute approximate surface area is 236 Å². The zero-order chi connectivity index (χ0) is 27.8. The van der Waals surface area contributed by atoms with E-state index >= 15 is 0 Å². The summed E-state index contributed by atoms with van der Waals surface area (Å²) in [7, 11) is 0. The van der Waals surface area contributed by atoms with Gasteiger partial charge in [-0.25, -0.2) is 0 Å². The van der Waals surface area contributed by atoms with E-state index in [4.69, 9.17) is 18.9 Å². The molecule has 0 aliphatic carbocycles. The molecule has 0 aliphatic rings.